The molecule has 3 rings (SSSR count). The predicted octanol–water partition coefficient (Wildman–Crippen LogP) is -0.539. The number of hydrogen-bond donors (Lipinski definition) is 3. The van der Waals surface area contributed by atoms with Crippen molar-refractivity contribution in [2.75, 3.05) is 32.3 Å². The second-order valence-corrected chi connectivity index (χ2v) is 7.74. The van der Waals surface area contributed by atoms with Gasteiger partial charge in [-0.05, 0) is 5.57 Å². The molecule has 0 spiro atoms. The van der Waals surface area contributed by atoms with E-state index in [9.17, 15) is 19.5 Å². The van der Waals surface area contributed by atoms with Gasteiger partial charge in [-0.15, -0.1) is 23.1 Å². The first-order valence-electron chi connectivity index (χ1n) is 7.91. The minimum atomic E-state index is -1.21. The number of rotatable bonds is 7. The Kier molecular flexibility index (Phi) is 5.86. The average Bonchev–Trinajstić information content (AvgIpc) is 3.09. The number of thiazole rings is 1. The minimum Gasteiger partial charge on any atom is -0.477 e. The van der Waals surface area contributed by atoms with Crippen LogP contribution < -0.4 is 11.1 Å². The zero-order chi connectivity index (χ0) is 20.4. The van der Waals surface area contributed by atoms with Crippen LogP contribution in [0, 0.1) is 0 Å². The quantitative estimate of drug-likeness (QED) is 0.295. The number of oxime groups is 1. The van der Waals surface area contributed by atoms with Gasteiger partial charge in [-0.2, -0.15) is 0 Å². The lowest BCUT2D eigenvalue weighted by atomic mass is 10.0. The van der Waals surface area contributed by atoms with Gasteiger partial charge in [-0.1, -0.05) is 5.16 Å². The van der Waals surface area contributed by atoms with Crippen molar-refractivity contribution in [2.45, 2.75) is 11.4 Å². The zero-order valence-electron chi connectivity index (χ0n) is 14.9. The van der Waals surface area contributed by atoms with Crippen LogP contribution in [-0.2, 0) is 24.0 Å². The number of carboxylic acids is 1. The lowest BCUT2D eigenvalue weighted by Crippen LogP contribution is -2.71. The van der Waals surface area contributed by atoms with Crippen LogP contribution in [0.2, 0.25) is 0 Å². The third-order valence-corrected chi connectivity index (χ3v) is 6.03. The highest BCUT2D eigenvalue weighted by Crippen LogP contribution is 2.40. The Bertz CT molecular complexity index is 882. The Morgan fingerprint density at radius 3 is 2.82 bits per heavy atom. The molecule has 1 saturated heterocycles. The lowest BCUT2D eigenvalue weighted by molar-refractivity contribution is -0.150. The predicted molar refractivity (Wildman–Crippen MR) is 102 cm³/mol. The van der Waals surface area contributed by atoms with E-state index < -0.39 is 29.2 Å². The number of amides is 2. The normalized spacial score (nSPS) is 21.9. The van der Waals surface area contributed by atoms with Crippen LogP contribution in [0.5, 0.6) is 0 Å². The van der Waals surface area contributed by atoms with E-state index in [1.54, 1.807) is 5.38 Å². The largest absolute Gasteiger partial charge is 0.477 e. The number of nitrogen functional groups attached to an aromatic ring is 1. The van der Waals surface area contributed by atoms with Gasteiger partial charge in [0.05, 0.1) is 6.61 Å². The number of carboxylic acid groups (broad SMARTS) is 1. The van der Waals surface area contributed by atoms with Crippen LogP contribution >= 0.6 is 23.1 Å². The van der Waals surface area contributed by atoms with Crippen LogP contribution in [0.3, 0.4) is 0 Å². The number of ether oxygens (including phenoxy) is 1. The maximum Gasteiger partial charge on any atom is 0.352 e. The fraction of sp³-hybridized carbons (Fsp3) is 0.400. The van der Waals surface area contributed by atoms with E-state index in [4.69, 9.17) is 15.3 Å². The van der Waals surface area contributed by atoms with Gasteiger partial charge < -0.3 is 25.7 Å². The number of nitrogens with one attached hydrogen (secondary N) is 1. The lowest BCUT2D eigenvalue weighted by Gasteiger charge is -2.49. The fourth-order valence-corrected chi connectivity index (χ4v) is 4.75. The van der Waals surface area contributed by atoms with Crippen molar-refractivity contribution in [3.05, 3.63) is 22.3 Å². The Morgan fingerprint density at radius 2 is 2.25 bits per heavy atom. The van der Waals surface area contributed by atoms with E-state index >= 15 is 0 Å². The van der Waals surface area contributed by atoms with E-state index in [1.165, 1.54) is 30.9 Å². The van der Waals surface area contributed by atoms with Gasteiger partial charge in [0.15, 0.2) is 10.8 Å². The molecule has 0 aromatic carbocycles. The highest BCUT2D eigenvalue weighted by Gasteiger charge is 2.54. The number of anilines is 1. The maximum absolute atomic E-state index is 12.6. The average molecular weight is 427 g/mol. The first-order valence-corrected chi connectivity index (χ1v) is 9.84. The molecular weight excluding hydrogens is 410 g/mol. The van der Waals surface area contributed by atoms with E-state index in [-0.39, 0.29) is 28.8 Å². The number of carbonyl (C=O) groups is 3. The third kappa shape index (κ3) is 3.55. The van der Waals surface area contributed by atoms with Gasteiger partial charge in [0.25, 0.3) is 11.8 Å². The molecule has 2 aliphatic heterocycles. The molecule has 0 bridgehead atoms. The van der Waals surface area contributed by atoms with Gasteiger partial charge in [-0.25, -0.2) is 9.78 Å². The number of hydrogen-bond acceptors (Lipinski definition) is 10. The van der Waals surface area contributed by atoms with Crippen LogP contribution in [0.15, 0.2) is 21.8 Å². The number of thioether (sulfide) groups is 1. The van der Waals surface area contributed by atoms with Crippen molar-refractivity contribution in [1.82, 2.24) is 15.2 Å². The summed E-state index contributed by atoms with van der Waals surface area (Å²) < 4.78 is 5.02. The molecule has 1 aromatic rings. The van der Waals surface area contributed by atoms with E-state index in [0.717, 1.165) is 11.3 Å². The monoisotopic (exact) mass is 427 g/mol. The molecule has 1 fully saturated rings. The number of fused-ring (bicyclic) bond motifs is 1. The number of carbonyl (C=O) groups excluding carboxylic acids is 2. The molecule has 0 aliphatic carbocycles. The summed E-state index contributed by atoms with van der Waals surface area (Å²) in [7, 11) is 2.73. The van der Waals surface area contributed by atoms with Crippen molar-refractivity contribution in [3.63, 3.8) is 0 Å². The number of nitrogens with zero attached hydrogens (tertiary/aromatic N) is 3. The topological polar surface area (TPSA) is 156 Å². The summed E-state index contributed by atoms with van der Waals surface area (Å²) in [4.78, 5) is 46.7. The molecule has 3 heterocycles. The number of β-lactam (4-membered cyclic amide) rings is 1. The molecule has 1 aromatic heterocycles. The van der Waals surface area contributed by atoms with E-state index in [2.05, 4.69) is 15.5 Å². The zero-order valence-corrected chi connectivity index (χ0v) is 16.5. The Balaban J connectivity index is 1.78. The maximum atomic E-state index is 12.6. The molecule has 4 N–H and O–H groups in total. The summed E-state index contributed by atoms with van der Waals surface area (Å²) in [6.07, 6.45) is 0. The van der Waals surface area contributed by atoms with Crippen LogP contribution in [0.1, 0.15) is 5.69 Å². The summed E-state index contributed by atoms with van der Waals surface area (Å²) in [5, 5.41) is 17.0. The molecule has 0 radical (unpaired) electrons. The summed E-state index contributed by atoms with van der Waals surface area (Å²) in [5.74, 6) is -2.03. The Labute approximate surface area is 167 Å². The van der Waals surface area contributed by atoms with Crippen molar-refractivity contribution >= 4 is 51.7 Å². The van der Waals surface area contributed by atoms with Crippen molar-refractivity contribution in [2.24, 2.45) is 5.16 Å². The number of aromatic nitrogens is 1. The SMILES string of the molecule is COCC1=C(C(=O)O)N2C(=O)C(NC(=O)/C(=N/OC)c3csc(N)n3)C2SC1. The van der Waals surface area contributed by atoms with Gasteiger partial charge in [0.1, 0.15) is 29.9 Å². The van der Waals surface area contributed by atoms with Crippen molar-refractivity contribution in [3.8, 4) is 0 Å². The van der Waals surface area contributed by atoms with Gasteiger partial charge in [0.2, 0.25) is 0 Å². The van der Waals surface area contributed by atoms with Crippen LogP contribution in [0.25, 0.3) is 0 Å². The first-order chi connectivity index (χ1) is 13.4. The second kappa shape index (κ2) is 8.16. The number of aliphatic carboxylic acids is 1. The first kappa shape index (κ1) is 20.1. The van der Waals surface area contributed by atoms with Gasteiger partial charge in [0, 0.05) is 18.2 Å². The van der Waals surface area contributed by atoms with E-state index in [0.29, 0.717) is 11.3 Å². The highest BCUT2D eigenvalue weighted by molar-refractivity contribution is 8.00. The molecule has 11 nitrogen and oxygen atoms in total. The number of nitrogens with two attached hydrogens (primary N) is 1. The Hall–Kier alpha value is -2.64. The molecule has 2 atom stereocenters. The smallest absolute Gasteiger partial charge is 0.352 e. The van der Waals surface area contributed by atoms with Crippen molar-refractivity contribution in [1.29, 1.82) is 0 Å². The summed E-state index contributed by atoms with van der Waals surface area (Å²) in [5.41, 5.74) is 6.09. The molecule has 150 valence electrons. The molecule has 0 saturated carbocycles. The fourth-order valence-electron chi connectivity index (χ4n) is 2.87. The standard InChI is InChI=1S/C15H17N5O6S2/c1-25-3-6-4-27-13-9(12(22)20(13)10(6)14(23)24)18-11(21)8(19-26-2)7-5-28-15(16)17-7/h5,9,13H,3-4H2,1-2H3,(H2,16,17)(H,18,21)(H,23,24)/b19-8+. The summed E-state index contributed by atoms with van der Waals surface area (Å²) in [6, 6.07) is -0.894. The highest BCUT2D eigenvalue weighted by atomic mass is 32.2. The second-order valence-electron chi connectivity index (χ2n) is 5.74. The van der Waals surface area contributed by atoms with Crippen molar-refractivity contribution < 1.29 is 29.1 Å². The molecule has 2 aliphatic rings. The van der Waals surface area contributed by atoms with Gasteiger partial charge >= 0.3 is 5.97 Å². The Morgan fingerprint density at radius 1 is 1.50 bits per heavy atom. The third-order valence-electron chi connectivity index (χ3n) is 4.02. The van der Waals surface area contributed by atoms with Crippen LogP contribution in [0.4, 0.5) is 5.13 Å². The molecule has 2 unspecified atom stereocenters. The van der Waals surface area contributed by atoms with Gasteiger partial charge in [-0.3, -0.25) is 14.5 Å². The molecule has 28 heavy (non-hydrogen) atoms. The molecule has 13 heteroatoms. The van der Waals surface area contributed by atoms with E-state index in [1.807, 2.05) is 0 Å². The summed E-state index contributed by atoms with van der Waals surface area (Å²) in [6.45, 7) is 0.109. The minimum absolute atomic E-state index is 0.0980. The van der Waals surface area contributed by atoms with Crippen LogP contribution in [-0.4, -0.2) is 76.5 Å². The molecule has 2 amide bonds. The molecular formula is C15H17N5O6S2. The summed E-state index contributed by atoms with van der Waals surface area (Å²) >= 11 is 2.47. The number of methoxy groups -OCH3 is 1.